The molecule has 0 aliphatic carbocycles. The fourth-order valence-corrected chi connectivity index (χ4v) is 6.34. The van der Waals surface area contributed by atoms with Crippen LogP contribution >= 0.6 is 11.3 Å². The molecule has 0 spiro atoms. The fraction of sp³-hybridized carbons (Fsp3) is 0.478. The molecule has 0 atom stereocenters. The summed E-state index contributed by atoms with van der Waals surface area (Å²) < 4.78 is 33.5. The van der Waals surface area contributed by atoms with E-state index in [4.69, 9.17) is 4.42 Å². The lowest BCUT2D eigenvalue weighted by atomic mass is 10.0. The number of piperazine rings is 1. The van der Waals surface area contributed by atoms with Gasteiger partial charge in [-0.1, -0.05) is 32.9 Å². The van der Waals surface area contributed by atoms with Gasteiger partial charge in [-0.2, -0.15) is 4.31 Å². The normalized spacial score (nSPS) is 16.2. The molecular formula is C23H30N4O3S2. The summed E-state index contributed by atoms with van der Waals surface area (Å²) in [7, 11) is -3.48. The molecule has 1 saturated heterocycles. The smallest absolute Gasteiger partial charge is 0.257 e. The van der Waals surface area contributed by atoms with Gasteiger partial charge in [0.2, 0.25) is 15.9 Å². The number of hydrogen-bond acceptors (Lipinski definition) is 7. The molecule has 172 valence electrons. The Morgan fingerprint density at radius 2 is 1.78 bits per heavy atom. The standard InChI is InChI=1S/C23H30N4O3S2/c1-5-20-17(4)14-21(31-20)23-25-24-22(30-23)15-26-10-12-27(13-11-26)32(28,29)19-8-6-18(7-9-19)16(2)3/h6-9,14,16H,5,10-13,15H2,1-4H3. The minimum absolute atomic E-state index is 0.356. The first-order valence-electron chi connectivity index (χ1n) is 11.0. The maximum absolute atomic E-state index is 13.0. The van der Waals surface area contributed by atoms with Gasteiger partial charge in [0.25, 0.3) is 5.89 Å². The van der Waals surface area contributed by atoms with Gasteiger partial charge in [-0.05, 0) is 48.6 Å². The van der Waals surface area contributed by atoms with Crippen molar-refractivity contribution in [3.05, 3.63) is 52.2 Å². The summed E-state index contributed by atoms with van der Waals surface area (Å²) in [5, 5.41) is 8.42. The number of sulfonamides is 1. The number of rotatable bonds is 7. The highest BCUT2D eigenvalue weighted by molar-refractivity contribution is 7.89. The molecule has 3 aromatic rings. The minimum atomic E-state index is -3.48. The Morgan fingerprint density at radius 1 is 1.09 bits per heavy atom. The van der Waals surface area contributed by atoms with Crippen LogP contribution in [0.3, 0.4) is 0 Å². The maximum Gasteiger partial charge on any atom is 0.257 e. The van der Waals surface area contributed by atoms with Gasteiger partial charge in [0.05, 0.1) is 16.3 Å². The van der Waals surface area contributed by atoms with E-state index in [1.807, 2.05) is 12.1 Å². The van der Waals surface area contributed by atoms with Gasteiger partial charge < -0.3 is 4.42 Å². The highest BCUT2D eigenvalue weighted by Gasteiger charge is 2.29. The highest BCUT2D eigenvalue weighted by atomic mass is 32.2. The summed E-state index contributed by atoms with van der Waals surface area (Å²) in [6, 6.07) is 9.33. The van der Waals surface area contributed by atoms with Gasteiger partial charge in [-0.15, -0.1) is 21.5 Å². The van der Waals surface area contributed by atoms with E-state index < -0.39 is 10.0 Å². The first-order valence-corrected chi connectivity index (χ1v) is 13.3. The fourth-order valence-electron chi connectivity index (χ4n) is 3.89. The summed E-state index contributed by atoms with van der Waals surface area (Å²) in [5.41, 5.74) is 2.39. The Morgan fingerprint density at radius 3 is 2.38 bits per heavy atom. The Balaban J connectivity index is 1.36. The number of thiophene rings is 1. The molecular weight excluding hydrogens is 444 g/mol. The van der Waals surface area contributed by atoms with Crippen molar-refractivity contribution in [1.82, 2.24) is 19.4 Å². The summed E-state index contributed by atoms with van der Waals surface area (Å²) in [6.45, 7) is 11.1. The Hall–Kier alpha value is -2.07. The van der Waals surface area contributed by atoms with Crippen molar-refractivity contribution < 1.29 is 12.8 Å². The van der Waals surface area contributed by atoms with Crippen LogP contribution in [-0.2, 0) is 23.0 Å². The number of nitrogens with zero attached hydrogens (tertiary/aromatic N) is 4. The molecule has 1 fully saturated rings. The molecule has 0 radical (unpaired) electrons. The van der Waals surface area contributed by atoms with Crippen LogP contribution < -0.4 is 0 Å². The summed E-state index contributed by atoms with van der Waals surface area (Å²) >= 11 is 1.69. The van der Waals surface area contributed by atoms with E-state index in [-0.39, 0.29) is 0 Å². The van der Waals surface area contributed by atoms with Crippen molar-refractivity contribution >= 4 is 21.4 Å². The summed E-state index contributed by atoms with van der Waals surface area (Å²) in [5.74, 6) is 1.49. The Bertz CT molecular complexity index is 1160. The Labute approximate surface area is 194 Å². The third-order valence-electron chi connectivity index (χ3n) is 5.89. The lowest BCUT2D eigenvalue weighted by Crippen LogP contribution is -2.48. The molecule has 1 aliphatic heterocycles. The van der Waals surface area contributed by atoms with Gasteiger partial charge in [0.1, 0.15) is 0 Å². The topological polar surface area (TPSA) is 79.5 Å². The highest BCUT2D eigenvalue weighted by Crippen LogP contribution is 2.31. The maximum atomic E-state index is 13.0. The largest absolute Gasteiger partial charge is 0.419 e. The van der Waals surface area contributed by atoms with Crippen molar-refractivity contribution in [1.29, 1.82) is 0 Å². The van der Waals surface area contributed by atoms with Crippen LogP contribution in [0, 0.1) is 6.92 Å². The summed E-state index contributed by atoms with van der Waals surface area (Å²) in [4.78, 5) is 4.84. The average molecular weight is 475 g/mol. The molecule has 1 aliphatic rings. The molecule has 1 aromatic carbocycles. The third kappa shape index (κ3) is 4.80. The average Bonchev–Trinajstić information content (AvgIpc) is 3.40. The molecule has 0 bridgehead atoms. The molecule has 0 amide bonds. The third-order valence-corrected chi connectivity index (χ3v) is 9.18. The predicted octanol–water partition coefficient (Wildman–Crippen LogP) is 4.30. The van der Waals surface area contributed by atoms with E-state index in [0.717, 1.165) is 16.9 Å². The molecule has 0 saturated carbocycles. The van der Waals surface area contributed by atoms with Gasteiger partial charge in [0, 0.05) is 31.1 Å². The molecule has 2 aromatic heterocycles. The van der Waals surface area contributed by atoms with E-state index >= 15 is 0 Å². The molecule has 7 nitrogen and oxygen atoms in total. The zero-order chi connectivity index (χ0) is 22.9. The van der Waals surface area contributed by atoms with Gasteiger partial charge in [0.15, 0.2) is 0 Å². The van der Waals surface area contributed by atoms with Crippen LogP contribution in [-0.4, -0.2) is 54.0 Å². The van der Waals surface area contributed by atoms with Crippen LogP contribution in [0.2, 0.25) is 0 Å². The first kappa shape index (κ1) is 23.1. The van der Waals surface area contributed by atoms with Crippen molar-refractivity contribution in [2.45, 2.75) is 51.5 Å². The predicted molar refractivity (Wildman–Crippen MR) is 126 cm³/mol. The second-order valence-electron chi connectivity index (χ2n) is 8.48. The van der Waals surface area contributed by atoms with Crippen molar-refractivity contribution in [2.24, 2.45) is 0 Å². The zero-order valence-corrected chi connectivity index (χ0v) is 20.7. The summed E-state index contributed by atoms with van der Waals surface area (Å²) in [6.07, 6.45) is 0.993. The van der Waals surface area contributed by atoms with Crippen LogP contribution in [0.4, 0.5) is 0 Å². The van der Waals surface area contributed by atoms with Crippen LogP contribution in [0.5, 0.6) is 0 Å². The second-order valence-corrected chi connectivity index (χ2v) is 11.6. The number of aromatic nitrogens is 2. The second kappa shape index (κ2) is 9.43. The van der Waals surface area contributed by atoms with Crippen molar-refractivity contribution in [3.63, 3.8) is 0 Å². The van der Waals surface area contributed by atoms with Gasteiger partial charge in [-0.3, -0.25) is 4.90 Å². The quantitative estimate of drug-likeness (QED) is 0.508. The van der Waals surface area contributed by atoms with Crippen LogP contribution in [0.1, 0.15) is 48.6 Å². The molecule has 32 heavy (non-hydrogen) atoms. The van der Waals surface area contributed by atoms with E-state index in [2.05, 4.69) is 48.9 Å². The number of benzene rings is 1. The zero-order valence-electron chi connectivity index (χ0n) is 19.0. The molecule has 0 unspecified atom stereocenters. The Kier molecular flexibility index (Phi) is 6.80. The minimum Gasteiger partial charge on any atom is -0.419 e. The lowest BCUT2D eigenvalue weighted by Gasteiger charge is -2.33. The van der Waals surface area contributed by atoms with Crippen LogP contribution in [0.15, 0.2) is 39.6 Å². The van der Waals surface area contributed by atoms with E-state index in [1.54, 1.807) is 27.8 Å². The van der Waals surface area contributed by atoms with Crippen molar-refractivity contribution in [3.8, 4) is 10.8 Å². The SMILES string of the molecule is CCc1sc(-c2nnc(CN3CCN(S(=O)(=O)c4ccc(C(C)C)cc4)CC3)o2)cc1C. The molecule has 0 N–H and O–H groups in total. The monoisotopic (exact) mass is 474 g/mol. The van der Waals surface area contributed by atoms with Gasteiger partial charge in [-0.25, -0.2) is 8.42 Å². The molecule has 3 heterocycles. The van der Waals surface area contributed by atoms with Crippen LogP contribution in [0.25, 0.3) is 10.8 Å². The molecule has 4 rings (SSSR count). The van der Waals surface area contributed by atoms with E-state index in [1.165, 1.54) is 10.4 Å². The number of hydrogen-bond donors (Lipinski definition) is 0. The van der Waals surface area contributed by atoms with E-state index in [0.29, 0.717) is 55.3 Å². The van der Waals surface area contributed by atoms with Gasteiger partial charge >= 0.3 is 0 Å². The number of aryl methyl sites for hydroxylation is 2. The molecule has 9 heteroatoms. The first-order chi connectivity index (χ1) is 15.3. The van der Waals surface area contributed by atoms with E-state index in [9.17, 15) is 8.42 Å². The lowest BCUT2D eigenvalue weighted by molar-refractivity contribution is 0.168. The van der Waals surface area contributed by atoms with Crippen molar-refractivity contribution in [2.75, 3.05) is 26.2 Å².